The highest BCUT2D eigenvalue weighted by molar-refractivity contribution is 8.00. The van der Waals surface area contributed by atoms with Crippen molar-refractivity contribution in [1.82, 2.24) is 4.90 Å². The minimum absolute atomic E-state index is 0.0520. The molecule has 1 atom stereocenters. The van der Waals surface area contributed by atoms with Crippen LogP contribution in [0.1, 0.15) is 26.7 Å². The zero-order valence-corrected chi connectivity index (χ0v) is 11.9. The van der Waals surface area contributed by atoms with Crippen LogP contribution in [0.15, 0.2) is 0 Å². The molecule has 0 aromatic carbocycles. The third kappa shape index (κ3) is 4.48. The summed E-state index contributed by atoms with van der Waals surface area (Å²) in [7, 11) is 1.67. The fraction of sp³-hybridized carbons (Fsp3) is 0.917. The maximum Gasteiger partial charge on any atom is 0.232 e. The Morgan fingerprint density at radius 3 is 2.59 bits per heavy atom. The zero-order chi connectivity index (χ0) is 12.9. The minimum atomic E-state index is -0.330. The van der Waals surface area contributed by atoms with Gasteiger partial charge >= 0.3 is 0 Å². The number of thioether (sulfide) groups is 1. The Hall–Kier alpha value is -0.260. The summed E-state index contributed by atoms with van der Waals surface area (Å²) in [5.41, 5.74) is 5.70. The molecule has 0 bridgehead atoms. The number of carbonyl (C=O) groups is 1. The molecule has 17 heavy (non-hydrogen) atoms. The maximum atomic E-state index is 11.8. The molecule has 1 aliphatic heterocycles. The number of carbonyl (C=O) groups excluding carboxylic acids is 1. The lowest BCUT2D eigenvalue weighted by molar-refractivity contribution is -0.127. The van der Waals surface area contributed by atoms with E-state index in [9.17, 15) is 4.79 Å². The summed E-state index contributed by atoms with van der Waals surface area (Å²) in [4.78, 5) is 13.7. The van der Waals surface area contributed by atoms with E-state index in [1.807, 2.05) is 18.7 Å². The Labute approximate surface area is 108 Å². The van der Waals surface area contributed by atoms with E-state index in [1.165, 1.54) is 0 Å². The molecule has 2 N–H and O–H groups in total. The van der Waals surface area contributed by atoms with Crippen LogP contribution < -0.4 is 5.73 Å². The Bertz CT molecular complexity index is 253. The van der Waals surface area contributed by atoms with Crippen LogP contribution >= 0.6 is 11.8 Å². The molecule has 1 unspecified atom stereocenters. The van der Waals surface area contributed by atoms with Gasteiger partial charge in [-0.3, -0.25) is 4.79 Å². The van der Waals surface area contributed by atoms with E-state index >= 15 is 0 Å². The summed E-state index contributed by atoms with van der Waals surface area (Å²) in [6.45, 7) is 5.80. The number of methoxy groups -OCH3 is 1. The van der Waals surface area contributed by atoms with Crippen molar-refractivity contribution in [3.8, 4) is 0 Å². The predicted octanol–water partition coefficient (Wildman–Crippen LogP) is 1.09. The van der Waals surface area contributed by atoms with E-state index in [4.69, 9.17) is 10.5 Å². The minimum Gasteiger partial charge on any atom is -0.377 e. The van der Waals surface area contributed by atoms with Gasteiger partial charge in [0.2, 0.25) is 5.91 Å². The Morgan fingerprint density at radius 2 is 2.06 bits per heavy atom. The molecule has 1 aliphatic rings. The molecule has 0 aromatic rings. The first-order valence-corrected chi connectivity index (χ1v) is 7.29. The highest BCUT2D eigenvalue weighted by Gasteiger charge is 2.26. The molecule has 0 radical (unpaired) electrons. The lowest BCUT2D eigenvalue weighted by Gasteiger charge is -2.29. The van der Waals surface area contributed by atoms with Gasteiger partial charge in [0.1, 0.15) is 0 Å². The topological polar surface area (TPSA) is 55.6 Å². The third-order valence-electron chi connectivity index (χ3n) is 3.40. The lowest BCUT2D eigenvalue weighted by Crippen LogP contribution is -2.46. The van der Waals surface area contributed by atoms with E-state index in [-0.39, 0.29) is 17.6 Å². The number of ether oxygens (including phenoxy) is 1. The van der Waals surface area contributed by atoms with Crippen LogP contribution in [0.25, 0.3) is 0 Å². The van der Waals surface area contributed by atoms with Crippen LogP contribution in [0.2, 0.25) is 0 Å². The summed E-state index contributed by atoms with van der Waals surface area (Å²) in [6, 6.07) is -0.0520. The summed E-state index contributed by atoms with van der Waals surface area (Å²) in [5, 5.41) is 0. The number of likely N-dealkylation sites (tertiary alicyclic amines) is 1. The molecular weight excluding hydrogens is 236 g/mol. The van der Waals surface area contributed by atoms with Gasteiger partial charge in [0.05, 0.1) is 11.4 Å². The Balaban J connectivity index is 2.21. The average molecular weight is 260 g/mol. The molecule has 5 heteroatoms. The van der Waals surface area contributed by atoms with Crippen LogP contribution in [0.5, 0.6) is 0 Å². The van der Waals surface area contributed by atoms with Crippen molar-refractivity contribution in [1.29, 1.82) is 0 Å². The third-order valence-corrected chi connectivity index (χ3v) is 4.45. The standard InChI is InChI=1S/C12H24N2O2S/c1-12(2,16-3)10(13)8-17-9-11(15)14-6-4-5-7-14/h10H,4-9,13H2,1-3H3. The van der Waals surface area contributed by atoms with Crippen molar-refractivity contribution >= 4 is 17.7 Å². The van der Waals surface area contributed by atoms with Crippen molar-refractivity contribution in [3.63, 3.8) is 0 Å². The van der Waals surface area contributed by atoms with Gasteiger partial charge in [-0.2, -0.15) is 11.8 Å². The normalized spacial score (nSPS) is 18.5. The quantitative estimate of drug-likeness (QED) is 0.777. The monoisotopic (exact) mass is 260 g/mol. The second-order valence-electron chi connectivity index (χ2n) is 5.02. The fourth-order valence-electron chi connectivity index (χ4n) is 1.68. The first kappa shape index (κ1) is 14.8. The molecule has 0 spiro atoms. The van der Waals surface area contributed by atoms with Crippen molar-refractivity contribution < 1.29 is 9.53 Å². The van der Waals surface area contributed by atoms with E-state index in [0.29, 0.717) is 5.75 Å². The van der Waals surface area contributed by atoms with Gasteiger partial charge < -0.3 is 15.4 Å². The summed E-state index contributed by atoms with van der Waals surface area (Å²) < 4.78 is 5.32. The van der Waals surface area contributed by atoms with Crippen molar-refractivity contribution in [2.75, 3.05) is 31.7 Å². The zero-order valence-electron chi connectivity index (χ0n) is 11.1. The number of nitrogens with two attached hydrogens (primary N) is 1. The molecule has 1 fully saturated rings. The van der Waals surface area contributed by atoms with E-state index in [1.54, 1.807) is 18.9 Å². The van der Waals surface area contributed by atoms with E-state index in [2.05, 4.69) is 0 Å². The van der Waals surface area contributed by atoms with E-state index in [0.717, 1.165) is 31.7 Å². The molecule has 1 heterocycles. The molecule has 0 aliphatic carbocycles. The summed E-state index contributed by atoms with van der Waals surface area (Å²) >= 11 is 1.60. The summed E-state index contributed by atoms with van der Waals surface area (Å²) in [6.07, 6.45) is 2.29. The van der Waals surface area contributed by atoms with Crippen LogP contribution in [-0.4, -0.2) is 54.2 Å². The number of hydrogen-bond acceptors (Lipinski definition) is 4. The largest absolute Gasteiger partial charge is 0.377 e. The van der Waals surface area contributed by atoms with Crippen molar-refractivity contribution in [2.24, 2.45) is 5.73 Å². The van der Waals surface area contributed by atoms with E-state index < -0.39 is 0 Å². The first-order valence-electron chi connectivity index (χ1n) is 6.13. The second kappa shape index (κ2) is 6.61. The van der Waals surface area contributed by atoms with Crippen LogP contribution in [0, 0.1) is 0 Å². The van der Waals surface area contributed by atoms with Gasteiger partial charge in [0, 0.05) is 32.0 Å². The average Bonchev–Trinajstić information content (AvgIpc) is 2.82. The van der Waals surface area contributed by atoms with Gasteiger partial charge in [-0.25, -0.2) is 0 Å². The van der Waals surface area contributed by atoms with Crippen LogP contribution in [-0.2, 0) is 9.53 Å². The number of amides is 1. The lowest BCUT2D eigenvalue weighted by atomic mass is 10.0. The maximum absolute atomic E-state index is 11.8. The molecule has 1 rings (SSSR count). The molecule has 4 nitrogen and oxygen atoms in total. The van der Waals surface area contributed by atoms with Crippen molar-refractivity contribution in [3.05, 3.63) is 0 Å². The summed E-state index contributed by atoms with van der Waals surface area (Å²) in [5.74, 6) is 1.53. The van der Waals surface area contributed by atoms with Gasteiger partial charge in [0.15, 0.2) is 0 Å². The van der Waals surface area contributed by atoms with Crippen LogP contribution in [0.4, 0.5) is 0 Å². The molecule has 1 amide bonds. The van der Waals surface area contributed by atoms with Crippen LogP contribution in [0.3, 0.4) is 0 Å². The highest BCUT2D eigenvalue weighted by Crippen LogP contribution is 2.17. The first-order chi connectivity index (χ1) is 7.97. The van der Waals surface area contributed by atoms with Gasteiger partial charge in [-0.15, -0.1) is 0 Å². The number of hydrogen-bond donors (Lipinski definition) is 1. The van der Waals surface area contributed by atoms with Gasteiger partial charge in [0.25, 0.3) is 0 Å². The molecular formula is C12H24N2O2S. The molecule has 1 saturated heterocycles. The molecule has 0 aromatic heterocycles. The fourth-order valence-corrected chi connectivity index (χ4v) is 2.81. The SMILES string of the molecule is COC(C)(C)C(N)CSCC(=O)N1CCCC1. The predicted molar refractivity (Wildman–Crippen MR) is 72.2 cm³/mol. The Morgan fingerprint density at radius 1 is 1.47 bits per heavy atom. The second-order valence-corrected chi connectivity index (χ2v) is 6.05. The number of rotatable bonds is 6. The van der Waals surface area contributed by atoms with Gasteiger partial charge in [-0.05, 0) is 26.7 Å². The molecule has 100 valence electrons. The molecule has 0 saturated carbocycles. The highest BCUT2D eigenvalue weighted by atomic mass is 32.2. The van der Waals surface area contributed by atoms with Crippen molar-refractivity contribution in [2.45, 2.75) is 38.3 Å². The number of nitrogens with zero attached hydrogens (tertiary/aromatic N) is 1. The smallest absolute Gasteiger partial charge is 0.232 e. The van der Waals surface area contributed by atoms with Gasteiger partial charge in [-0.1, -0.05) is 0 Å². The Kier molecular flexibility index (Phi) is 5.76.